The van der Waals surface area contributed by atoms with Gasteiger partial charge < -0.3 is 15.4 Å². The van der Waals surface area contributed by atoms with Gasteiger partial charge in [-0.1, -0.05) is 24.3 Å². The molecule has 1 aliphatic rings. The van der Waals surface area contributed by atoms with Crippen LogP contribution in [0.15, 0.2) is 54.9 Å². The molecule has 0 spiro atoms. The van der Waals surface area contributed by atoms with E-state index >= 15 is 0 Å². The van der Waals surface area contributed by atoms with Crippen molar-refractivity contribution in [2.75, 3.05) is 30.0 Å². The summed E-state index contributed by atoms with van der Waals surface area (Å²) in [5, 5.41) is 7.49. The molecule has 0 atom stereocenters. The minimum Gasteiger partial charge on any atom is -0.474 e. The number of fused-ring (bicyclic) bond motifs is 2. The van der Waals surface area contributed by atoms with Crippen molar-refractivity contribution in [2.24, 2.45) is 0 Å². The first-order chi connectivity index (χ1) is 15.9. The fourth-order valence-corrected chi connectivity index (χ4v) is 4.68. The van der Waals surface area contributed by atoms with Crippen LogP contribution in [0.25, 0.3) is 22.0 Å². The van der Waals surface area contributed by atoms with E-state index in [9.17, 15) is 8.42 Å². The van der Waals surface area contributed by atoms with Crippen molar-refractivity contribution in [1.82, 2.24) is 15.0 Å². The second-order valence-electron chi connectivity index (χ2n) is 8.11. The average molecular weight is 462 g/mol. The number of nitrogens with one attached hydrogen (secondary N) is 2. The summed E-state index contributed by atoms with van der Waals surface area (Å²) in [6.07, 6.45) is 4.84. The van der Waals surface area contributed by atoms with Gasteiger partial charge >= 0.3 is 0 Å². The fourth-order valence-electron chi connectivity index (χ4n) is 3.88. The highest BCUT2D eigenvalue weighted by Gasteiger charge is 2.17. The summed E-state index contributed by atoms with van der Waals surface area (Å²) in [7, 11) is -3.07. The van der Waals surface area contributed by atoms with Crippen molar-refractivity contribution in [3.8, 4) is 17.0 Å². The Hall–Kier alpha value is -3.72. The molecule has 9 heteroatoms. The van der Waals surface area contributed by atoms with Crippen LogP contribution in [0.4, 0.5) is 17.3 Å². The lowest BCUT2D eigenvalue weighted by Crippen LogP contribution is -2.20. The minimum atomic E-state index is -3.07. The van der Waals surface area contributed by atoms with Gasteiger partial charge in [0.2, 0.25) is 11.8 Å². The smallest absolute Gasteiger partial charge is 0.237 e. The Bertz CT molecular complexity index is 1450. The van der Waals surface area contributed by atoms with Crippen LogP contribution < -0.4 is 15.4 Å². The topological polar surface area (TPSA) is 106 Å². The number of hydrogen-bond donors (Lipinski definition) is 2. The minimum absolute atomic E-state index is 0.0150. The molecule has 5 rings (SSSR count). The van der Waals surface area contributed by atoms with Crippen molar-refractivity contribution in [3.05, 3.63) is 66.0 Å². The number of rotatable bonds is 5. The lowest BCUT2D eigenvalue weighted by molar-refractivity contribution is 0.310. The third-order valence-electron chi connectivity index (χ3n) is 5.48. The summed E-state index contributed by atoms with van der Waals surface area (Å²) >= 11 is 0. The van der Waals surface area contributed by atoms with Crippen LogP contribution in [0, 0.1) is 6.92 Å². The summed E-state index contributed by atoms with van der Waals surface area (Å²) in [6.45, 7) is 3.43. The predicted molar refractivity (Wildman–Crippen MR) is 130 cm³/mol. The molecule has 2 N–H and O–H groups in total. The molecule has 33 heavy (non-hydrogen) atoms. The highest BCUT2D eigenvalue weighted by atomic mass is 32.2. The molecule has 3 heterocycles. The van der Waals surface area contributed by atoms with E-state index in [1.54, 1.807) is 18.3 Å². The van der Waals surface area contributed by atoms with Gasteiger partial charge in [0.05, 0.1) is 11.3 Å². The van der Waals surface area contributed by atoms with E-state index in [4.69, 9.17) is 4.74 Å². The van der Waals surface area contributed by atoms with Gasteiger partial charge in [0.15, 0.2) is 9.84 Å². The summed E-state index contributed by atoms with van der Waals surface area (Å²) in [6, 6.07) is 13.3. The third kappa shape index (κ3) is 4.58. The number of ether oxygens (including phenoxy) is 1. The highest BCUT2D eigenvalue weighted by molar-refractivity contribution is 7.89. The third-order valence-corrected chi connectivity index (χ3v) is 6.34. The van der Waals surface area contributed by atoms with E-state index < -0.39 is 9.84 Å². The summed E-state index contributed by atoms with van der Waals surface area (Å²) in [4.78, 5) is 13.6. The first kappa shape index (κ1) is 21.1. The van der Waals surface area contributed by atoms with Crippen LogP contribution in [0.3, 0.4) is 0 Å². The highest BCUT2D eigenvalue weighted by Crippen LogP contribution is 2.36. The molecule has 0 bridgehead atoms. The molecule has 8 nitrogen and oxygen atoms in total. The quantitative estimate of drug-likeness (QED) is 0.458. The number of nitrogens with zero attached hydrogens (tertiary/aromatic N) is 3. The molecule has 0 unspecified atom stereocenters. The Morgan fingerprint density at radius 3 is 2.70 bits per heavy atom. The SMILES string of the molecule is Cc1c(-c2ccc3cnc(Nc4ccc(CS(C)(=O)=O)cc4)nc3c2)cnc2c1NCCO2. The van der Waals surface area contributed by atoms with E-state index in [0.717, 1.165) is 51.1 Å². The number of benzene rings is 2. The van der Waals surface area contributed by atoms with Crippen LogP contribution in [-0.2, 0) is 15.6 Å². The number of pyridine rings is 1. The van der Waals surface area contributed by atoms with Crippen LogP contribution in [0.1, 0.15) is 11.1 Å². The molecule has 0 fully saturated rings. The average Bonchev–Trinajstić information content (AvgIpc) is 2.79. The van der Waals surface area contributed by atoms with Crippen LogP contribution >= 0.6 is 0 Å². The summed E-state index contributed by atoms with van der Waals surface area (Å²) < 4.78 is 28.6. The number of aromatic nitrogens is 3. The van der Waals surface area contributed by atoms with Gasteiger partial charge in [0.25, 0.3) is 0 Å². The van der Waals surface area contributed by atoms with Gasteiger partial charge in [0.1, 0.15) is 12.3 Å². The number of hydrogen-bond acceptors (Lipinski definition) is 8. The van der Waals surface area contributed by atoms with Crippen molar-refractivity contribution in [2.45, 2.75) is 12.7 Å². The fraction of sp³-hybridized carbons (Fsp3) is 0.208. The van der Waals surface area contributed by atoms with Gasteiger partial charge in [0, 0.05) is 41.8 Å². The van der Waals surface area contributed by atoms with E-state index in [1.165, 1.54) is 6.26 Å². The normalized spacial score (nSPS) is 13.2. The summed E-state index contributed by atoms with van der Waals surface area (Å²) in [5.74, 6) is 1.12. The number of sulfone groups is 1. The maximum Gasteiger partial charge on any atom is 0.237 e. The Morgan fingerprint density at radius 2 is 1.91 bits per heavy atom. The molecule has 2 aromatic carbocycles. The van der Waals surface area contributed by atoms with Gasteiger partial charge in [-0.15, -0.1) is 0 Å². The standard InChI is InChI=1S/C24H23N5O3S/c1-15-20(13-26-23-22(15)25-9-10-32-23)17-5-6-18-12-27-24(29-21(18)11-17)28-19-7-3-16(4-8-19)14-33(2,30)31/h3-8,11-13,25H,9-10,14H2,1-2H3,(H,27,28,29). The van der Waals surface area contributed by atoms with E-state index in [1.807, 2.05) is 36.5 Å². The second kappa shape index (κ2) is 8.32. The molecular formula is C24H23N5O3S. The molecule has 0 amide bonds. The Morgan fingerprint density at radius 1 is 1.09 bits per heavy atom. The second-order valence-corrected chi connectivity index (χ2v) is 10.3. The molecular weight excluding hydrogens is 438 g/mol. The monoisotopic (exact) mass is 461 g/mol. The molecule has 4 aromatic rings. The van der Waals surface area contributed by atoms with Crippen molar-refractivity contribution in [1.29, 1.82) is 0 Å². The van der Waals surface area contributed by atoms with Crippen molar-refractivity contribution >= 4 is 38.1 Å². The largest absolute Gasteiger partial charge is 0.474 e. The van der Waals surface area contributed by atoms with E-state index in [2.05, 4.69) is 32.5 Å². The van der Waals surface area contributed by atoms with Gasteiger partial charge in [-0.05, 0) is 41.8 Å². The molecule has 0 aliphatic carbocycles. The zero-order valence-corrected chi connectivity index (χ0v) is 19.1. The van der Waals surface area contributed by atoms with Gasteiger partial charge in [-0.2, -0.15) is 0 Å². The predicted octanol–water partition coefficient (Wildman–Crippen LogP) is 4.09. The molecule has 1 aliphatic heterocycles. The van der Waals surface area contributed by atoms with Gasteiger partial charge in [-0.3, -0.25) is 0 Å². The lowest BCUT2D eigenvalue weighted by atomic mass is 10.00. The Balaban J connectivity index is 1.43. The maximum atomic E-state index is 11.5. The molecule has 2 aromatic heterocycles. The lowest BCUT2D eigenvalue weighted by Gasteiger charge is -2.21. The van der Waals surface area contributed by atoms with Gasteiger partial charge in [-0.25, -0.2) is 23.4 Å². The Labute approximate surface area is 192 Å². The molecule has 168 valence electrons. The number of anilines is 3. The van der Waals surface area contributed by atoms with Crippen LogP contribution in [-0.4, -0.2) is 42.8 Å². The van der Waals surface area contributed by atoms with E-state index in [-0.39, 0.29) is 5.75 Å². The van der Waals surface area contributed by atoms with Crippen molar-refractivity contribution in [3.63, 3.8) is 0 Å². The first-order valence-corrected chi connectivity index (χ1v) is 12.6. The van der Waals surface area contributed by atoms with E-state index in [0.29, 0.717) is 18.4 Å². The molecule has 0 saturated heterocycles. The zero-order valence-electron chi connectivity index (χ0n) is 18.3. The zero-order chi connectivity index (χ0) is 23.0. The Kier molecular flexibility index (Phi) is 5.33. The van der Waals surface area contributed by atoms with Crippen LogP contribution in [0.5, 0.6) is 5.88 Å². The van der Waals surface area contributed by atoms with Crippen LogP contribution in [0.2, 0.25) is 0 Å². The molecule has 0 radical (unpaired) electrons. The van der Waals surface area contributed by atoms with Crippen molar-refractivity contribution < 1.29 is 13.2 Å². The maximum absolute atomic E-state index is 11.5. The molecule has 0 saturated carbocycles. The first-order valence-electron chi connectivity index (χ1n) is 10.5. The summed E-state index contributed by atoms with van der Waals surface area (Å²) in [5.41, 5.74) is 6.37.